The van der Waals surface area contributed by atoms with Crippen molar-refractivity contribution in [2.75, 3.05) is 31.7 Å². The zero-order valence-electron chi connectivity index (χ0n) is 17.3. The Balaban J connectivity index is 1.71. The van der Waals surface area contributed by atoms with E-state index in [9.17, 15) is 0 Å². The Labute approximate surface area is 199 Å². The number of ether oxygens (including phenoxy) is 1. The molecule has 162 valence electrons. The molecule has 0 spiro atoms. The number of hydrogen-bond acceptors (Lipinski definition) is 3. The van der Waals surface area contributed by atoms with E-state index in [0.717, 1.165) is 30.3 Å². The van der Waals surface area contributed by atoms with Gasteiger partial charge in [0.25, 0.3) is 0 Å². The van der Waals surface area contributed by atoms with Gasteiger partial charge in [0.15, 0.2) is 0 Å². The predicted molar refractivity (Wildman–Crippen MR) is 131 cm³/mol. The topological polar surface area (TPSA) is 15.7 Å². The Morgan fingerprint density at radius 3 is 2.26 bits per heavy atom. The second kappa shape index (κ2) is 10.2. The van der Waals surface area contributed by atoms with E-state index in [0.29, 0.717) is 16.7 Å². The van der Waals surface area contributed by atoms with Crippen molar-refractivity contribution in [2.45, 2.75) is 18.6 Å². The van der Waals surface area contributed by atoms with E-state index < -0.39 is 0 Å². The molecule has 1 aliphatic rings. The molecule has 1 saturated heterocycles. The van der Waals surface area contributed by atoms with E-state index in [1.807, 2.05) is 30.3 Å². The van der Waals surface area contributed by atoms with E-state index in [1.165, 1.54) is 11.1 Å². The molecule has 0 aromatic heterocycles. The Hall–Kier alpha value is -1.75. The molecule has 3 aromatic carbocycles. The molecule has 3 nitrogen and oxygen atoms in total. The second-order valence-corrected chi connectivity index (χ2v) is 9.12. The summed E-state index contributed by atoms with van der Waals surface area (Å²) < 4.78 is 5.60. The highest BCUT2D eigenvalue weighted by molar-refractivity contribution is 6.36. The number of halogens is 3. The number of benzene rings is 3. The van der Waals surface area contributed by atoms with Crippen LogP contribution in [0.5, 0.6) is 0 Å². The minimum atomic E-state index is 0.118. The fourth-order valence-corrected chi connectivity index (χ4v) is 4.90. The molecule has 0 bridgehead atoms. The Morgan fingerprint density at radius 1 is 0.871 bits per heavy atom. The highest BCUT2D eigenvalue weighted by atomic mass is 35.5. The van der Waals surface area contributed by atoms with Crippen LogP contribution < -0.4 is 4.90 Å². The molecule has 1 fully saturated rings. The van der Waals surface area contributed by atoms with Crippen LogP contribution in [0.15, 0.2) is 72.8 Å². The van der Waals surface area contributed by atoms with E-state index in [-0.39, 0.29) is 12.1 Å². The molecule has 1 heterocycles. The third-order valence-corrected chi connectivity index (χ3v) is 6.56. The Kier molecular flexibility index (Phi) is 7.42. The zero-order chi connectivity index (χ0) is 21.8. The summed E-state index contributed by atoms with van der Waals surface area (Å²) in [6.45, 7) is 3.13. The van der Waals surface area contributed by atoms with Gasteiger partial charge in [0.1, 0.15) is 0 Å². The van der Waals surface area contributed by atoms with Crippen LogP contribution in [0.4, 0.5) is 5.69 Å². The third kappa shape index (κ3) is 5.36. The summed E-state index contributed by atoms with van der Waals surface area (Å²) in [5.74, 6) is 0. The standard InChI is InChI=1S/C25H25Cl3N2O/c1-31-17-22-15-30(24-12-11-21(27)13-23(24)28)25(19-7-9-20(26)10-8-19)16-29(22)14-18-5-3-2-4-6-18/h2-13,22,25H,14-17H2,1H3/t22-,25-/m1/s1. The third-order valence-electron chi connectivity index (χ3n) is 5.77. The lowest BCUT2D eigenvalue weighted by molar-refractivity contribution is 0.0644. The van der Waals surface area contributed by atoms with Crippen LogP contribution >= 0.6 is 34.8 Å². The molecular weight excluding hydrogens is 451 g/mol. The van der Waals surface area contributed by atoms with Crippen molar-refractivity contribution in [1.29, 1.82) is 0 Å². The summed E-state index contributed by atoms with van der Waals surface area (Å²) >= 11 is 19.0. The maximum absolute atomic E-state index is 6.64. The number of methoxy groups -OCH3 is 1. The average molecular weight is 476 g/mol. The van der Waals surface area contributed by atoms with Crippen LogP contribution in [0.25, 0.3) is 0 Å². The van der Waals surface area contributed by atoms with Crippen molar-refractivity contribution in [1.82, 2.24) is 4.90 Å². The molecule has 0 radical (unpaired) electrons. The van der Waals surface area contributed by atoms with Gasteiger partial charge in [0.2, 0.25) is 0 Å². The van der Waals surface area contributed by atoms with Crippen molar-refractivity contribution < 1.29 is 4.74 Å². The van der Waals surface area contributed by atoms with Crippen molar-refractivity contribution in [2.24, 2.45) is 0 Å². The maximum Gasteiger partial charge on any atom is 0.0671 e. The summed E-state index contributed by atoms with van der Waals surface area (Å²) in [6.07, 6.45) is 0. The molecule has 6 heteroatoms. The largest absolute Gasteiger partial charge is 0.383 e. The van der Waals surface area contributed by atoms with Crippen LogP contribution in [0.2, 0.25) is 15.1 Å². The first-order valence-corrected chi connectivity index (χ1v) is 11.4. The molecular formula is C25H25Cl3N2O. The molecule has 4 rings (SSSR count). The summed E-state index contributed by atoms with van der Waals surface area (Å²) in [4.78, 5) is 4.87. The van der Waals surface area contributed by atoms with Gasteiger partial charge in [-0.3, -0.25) is 4.90 Å². The predicted octanol–water partition coefficient (Wildman–Crippen LogP) is 6.73. The van der Waals surface area contributed by atoms with Gasteiger partial charge in [0, 0.05) is 36.8 Å². The van der Waals surface area contributed by atoms with Crippen LogP contribution in [0, 0.1) is 0 Å². The molecule has 0 amide bonds. The normalized spacial score (nSPS) is 19.5. The fraction of sp³-hybridized carbons (Fsp3) is 0.280. The first kappa shape index (κ1) is 22.4. The van der Waals surface area contributed by atoms with Gasteiger partial charge in [-0.25, -0.2) is 0 Å². The first-order valence-electron chi connectivity index (χ1n) is 10.3. The molecule has 1 aliphatic heterocycles. The minimum Gasteiger partial charge on any atom is -0.383 e. The molecule has 2 atom stereocenters. The molecule has 0 aliphatic carbocycles. The number of hydrogen-bond donors (Lipinski definition) is 0. The SMILES string of the molecule is COC[C@H]1CN(c2ccc(Cl)cc2Cl)[C@@H](c2ccc(Cl)cc2)CN1Cc1ccccc1. The van der Waals surface area contributed by atoms with Gasteiger partial charge in [-0.1, -0.05) is 77.3 Å². The van der Waals surface area contributed by atoms with Crippen molar-refractivity contribution in [3.05, 3.63) is 99.0 Å². The number of anilines is 1. The lowest BCUT2D eigenvalue weighted by Crippen LogP contribution is -2.56. The highest BCUT2D eigenvalue weighted by Crippen LogP contribution is 2.38. The van der Waals surface area contributed by atoms with E-state index in [1.54, 1.807) is 13.2 Å². The lowest BCUT2D eigenvalue weighted by Gasteiger charge is -2.48. The minimum absolute atomic E-state index is 0.118. The molecule has 3 aromatic rings. The number of rotatable bonds is 6. The zero-order valence-corrected chi connectivity index (χ0v) is 19.6. The smallest absolute Gasteiger partial charge is 0.0671 e. The summed E-state index contributed by atoms with van der Waals surface area (Å²) in [6, 6.07) is 24.7. The van der Waals surface area contributed by atoms with Gasteiger partial charge in [0.05, 0.1) is 29.4 Å². The van der Waals surface area contributed by atoms with Gasteiger partial charge >= 0.3 is 0 Å². The van der Waals surface area contributed by atoms with Crippen LogP contribution in [-0.4, -0.2) is 37.7 Å². The molecule has 0 unspecified atom stereocenters. The average Bonchev–Trinajstić information content (AvgIpc) is 2.76. The van der Waals surface area contributed by atoms with Crippen molar-refractivity contribution in [3.8, 4) is 0 Å². The molecule has 0 N–H and O–H groups in total. The summed E-state index contributed by atoms with van der Waals surface area (Å²) in [5.41, 5.74) is 3.47. The highest BCUT2D eigenvalue weighted by Gasteiger charge is 2.35. The van der Waals surface area contributed by atoms with E-state index in [4.69, 9.17) is 39.5 Å². The second-order valence-electron chi connectivity index (χ2n) is 7.84. The van der Waals surface area contributed by atoms with Crippen molar-refractivity contribution in [3.63, 3.8) is 0 Å². The number of nitrogens with zero attached hydrogens (tertiary/aromatic N) is 2. The van der Waals surface area contributed by atoms with Gasteiger partial charge < -0.3 is 9.64 Å². The molecule has 0 saturated carbocycles. The number of piperazine rings is 1. The van der Waals surface area contributed by atoms with Crippen molar-refractivity contribution >= 4 is 40.5 Å². The van der Waals surface area contributed by atoms with E-state index in [2.05, 4.69) is 46.2 Å². The van der Waals surface area contributed by atoms with Crippen LogP contribution in [0.3, 0.4) is 0 Å². The monoisotopic (exact) mass is 474 g/mol. The molecule has 31 heavy (non-hydrogen) atoms. The first-order chi connectivity index (χ1) is 15.0. The Bertz CT molecular complexity index is 997. The maximum atomic E-state index is 6.64. The van der Waals surface area contributed by atoms with Gasteiger partial charge in [-0.05, 0) is 41.5 Å². The Morgan fingerprint density at radius 2 is 1.58 bits per heavy atom. The summed E-state index contributed by atoms with van der Waals surface area (Å²) in [5, 5.41) is 2.01. The summed E-state index contributed by atoms with van der Waals surface area (Å²) in [7, 11) is 1.76. The fourth-order valence-electron chi connectivity index (χ4n) is 4.25. The quantitative estimate of drug-likeness (QED) is 0.393. The van der Waals surface area contributed by atoms with Gasteiger partial charge in [-0.2, -0.15) is 0 Å². The van der Waals surface area contributed by atoms with Crippen LogP contribution in [0.1, 0.15) is 17.2 Å². The van der Waals surface area contributed by atoms with Gasteiger partial charge in [-0.15, -0.1) is 0 Å². The van der Waals surface area contributed by atoms with Crippen LogP contribution in [-0.2, 0) is 11.3 Å². The lowest BCUT2D eigenvalue weighted by atomic mass is 9.97. The van der Waals surface area contributed by atoms with E-state index >= 15 is 0 Å².